The fraction of sp³-hybridized carbons (Fsp3) is 0.706. The van der Waals surface area contributed by atoms with Crippen LogP contribution in [0, 0.1) is 5.92 Å². The van der Waals surface area contributed by atoms with E-state index >= 15 is 0 Å². The average Bonchev–Trinajstić information content (AvgIpc) is 2.57. The second-order valence-electron chi connectivity index (χ2n) is 6.49. The first-order valence-electron chi connectivity index (χ1n) is 8.43. The number of aromatic nitrogens is 1. The highest BCUT2D eigenvalue weighted by Gasteiger charge is 2.21. The van der Waals surface area contributed by atoms with Crippen molar-refractivity contribution in [1.82, 2.24) is 4.98 Å². The molecule has 3 rings (SSSR count). The Morgan fingerprint density at radius 3 is 2.62 bits per heavy atom. The number of hydrogen-bond acceptors (Lipinski definition) is 4. The Balaban J connectivity index is 1.58. The Hall–Kier alpha value is -1.29. The lowest BCUT2D eigenvalue weighted by atomic mass is 9.86. The molecule has 2 aliphatic rings. The molecule has 0 atom stereocenters. The van der Waals surface area contributed by atoms with Gasteiger partial charge in [-0.3, -0.25) is 0 Å². The van der Waals surface area contributed by atoms with E-state index in [0.29, 0.717) is 18.6 Å². The molecule has 0 spiro atoms. The van der Waals surface area contributed by atoms with Gasteiger partial charge in [-0.05, 0) is 56.9 Å². The summed E-state index contributed by atoms with van der Waals surface area (Å²) in [5, 5.41) is 12.8. The van der Waals surface area contributed by atoms with Gasteiger partial charge in [-0.1, -0.05) is 0 Å². The first-order valence-corrected chi connectivity index (χ1v) is 8.43. The molecule has 0 radical (unpaired) electrons. The molecular formula is C17H27N3O. The molecule has 1 saturated heterocycles. The van der Waals surface area contributed by atoms with E-state index in [1.165, 1.54) is 38.0 Å². The van der Waals surface area contributed by atoms with Gasteiger partial charge in [-0.2, -0.15) is 0 Å². The molecule has 0 aromatic carbocycles. The maximum absolute atomic E-state index is 9.21. The Labute approximate surface area is 127 Å². The third-order valence-corrected chi connectivity index (χ3v) is 4.92. The van der Waals surface area contributed by atoms with Gasteiger partial charge in [-0.15, -0.1) is 0 Å². The van der Waals surface area contributed by atoms with E-state index in [2.05, 4.69) is 27.3 Å². The van der Waals surface area contributed by atoms with Crippen molar-refractivity contribution < 1.29 is 5.11 Å². The van der Waals surface area contributed by atoms with E-state index in [-0.39, 0.29) is 0 Å². The second kappa shape index (κ2) is 7.12. The lowest BCUT2D eigenvalue weighted by Gasteiger charge is -2.30. The van der Waals surface area contributed by atoms with E-state index in [1.807, 2.05) is 6.20 Å². The number of anilines is 2. The van der Waals surface area contributed by atoms with E-state index in [1.54, 1.807) is 0 Å². The van der Waals surface area contributed by atoms with Gasteiger partial charge < -0.3 is 15.3 Å². The van der Waals surface area contributed by atoms with Crippen LogP contribution in [0.2, 0.25) is 0 Å². The molecule has 21 heavy (non-hydrogen) atoms. The van der Waals surface area contributed by atoms with E-state index in [9.17, 15) is 5.11 Å². The third kappa shape index (κ3) is 3.88. The number of nitrogens with one attached hydrogen (secondary N) is 1. The summed E-state index contributed by atoms with van der Waals surface area (Å²) in [5.74, 6) is 1.52. The smallest absolute Gasteiger partial charge is 0.128 e. The third-order valence-electron chi connectivity index (χ3n) is 4.92. The van der Waals surface area contributed by atoms with Crippen molar-refractivity contribution in [3.63, 3.8) is 0 Å². The van der Waals surface area contributed by atoms with Crippen LogP contribution >= 0.6 is 0 Å². The summed E-state index contributed by atoms with van der Waals surface area (Å²) in [7, 11) is 0. The summed E-state index contributed by atoms with van der Waals surface area (Å²) < 4.78 is 0. The Kier molecular flexibility index (Phi) is 4.96. The summed E-state index contributed by atoms with van der Waals surface area (Å²) in [6.45, 7) is 2.69. The maximum atomic E-state index is 9.21. The Bertz CT molecular complexity index is 437. The molecule has 0 unspecified atom stereocenters. The predicted molar refractivity (Wildman–Crippen MR) is 86.8 cm³/mol. The fourth-order valence-electron chi connectivity index (χ4n) is 3.55. The first-order chi connectivity index (χ1) is 10.3. The number of aliphatic hydroxyl groups excluding tert-OH is 1. The molecular weight excluding hydrogens is 262 g/mol. The normalized spacial score (nSPS) is 26.6. The van der Waals surface area contributed by atoms with Crippen LogP contribution in [0.3, 0.4) is 0 Å². The number of hydrogen-bond donors (Lipinski definition) is 2. The summed E-state index contributed by atoms with van der Waals surface area (Å²) in [5.41, 5.74) is 1.30. The quantitative estimate of drug-likeness (QED) is 0.894. The van der Waals surface area contributed by atoms with Crippen LogP contribution in [0.15, 0.2) is 18.3 Å². The molecule has 116 valence electrons. The minimum absolute atomic E-state index is 0.343. The number of piperidine rings is 1. The van der Waals surface area contributed by atoms with E-state index in [4.69, 9.17) is 0 Å². The van der Waals surface area contributed by atoms with Gasteiger partial charge in [0, 0.05) is 43.7 Å². The minimum Gasteiger partial charge on any atom is -0.396 e. The summed E-state index contributed by atoms with van der Waals surface area (Å²) in [6.07, 6.45) is 10.4. The highest BCUT2D eigenvalue weighted by atomic mass is 16.3. The van der Waals surface area contributed by atoms with Crippen LogP contribution in [0.4, 0.5) is 11.5 Å². The zero-order valence-electron chi connectivity index (χ0n) is 12.8. The lowest BCUT2D eigenvalue weighted by Crippen LogP contribution is -2.30. The topological polar surface area (TPSA) is 48.4 Å². The van der Waals surface area contributed by atoms with Gasteiger partial charge in [0.25, 0.3) is 0 Å². The van der Waals surface area contributed by atoms with Crippen LogP contribution < -0.4 is 10.2 Å². The maximum Gasteiger partial charge on any atom is 0.128 e. The van der Waals surface area contributed by atoms with Crippen molar-refractivity contribution >= 4 is 11.5 Å². The zero-order chi connectivity index (χ0) is 14.5. The van der Waals surface area contributed by atoms with Crippen LogP contribution in [-0.2, 0) is 0 Å². The van der Waals surface area contributed by atoms with Crippen LogP contribution in [-0.4, -0.2) is 35.8 Å². The number of pyridine rings is 1. The summed E-state index contributed by atoms with van der Waals surface area (Å²) in [4.78, 5) is 6.95. The van der Waals surface area contributed by atoms with Crippen molar-refractivity contribution in [3.8, 4) is 0 Å². The molecule has 4 heteroatoms. The van der Waals surface area contributed by atoms with Gasteiger partial charge in [-0.25, -0.2) is 4.98 Å². The van der Waals surface area contributed by atoms with Crippen LogP contribution in [0.5, 0.6) is 0 Å². The molecule has 2 fully saturated rings. The zero-order valence-corrected chi connectivity index (χ0v) is 12.8. The fourth-order valence-corrected chi connectivity index (χ4v) is 3.55. The highest BCUT2D eigenvalue weighted by molar-refractivity contribution is 5.54. The van der Waals surface area contributed by atoms with Gasteiger partial charge in [0.1, 0.15) is 5.82 Å². The molecule has 1 saturated carbocycles. The average molecular weight is 289 g/mol. The van der Waals surface area contributed by atoms with Crippen LogP contribution in [0.1, 0.15) is 44.9 Å². The van der Waals surface area contributed by atoms with Crippen molar-refractivity contribution in [2.45, 2.75) is 51.0 Å². The lowest BCUT2D eigenvalue weighted by molar-refractivity contribution is 0.185. The van der Waals surface area contributed by atoms with Crippen molar-refractivity contribution in [2.24, 2.45) is 5.92 Å². The highest BCUT2D eigenvalue weighted by Crippen LogP contribution is 2.27. The van der Waals surface area contributed by atoms with E-state index in [0.717, 1.165) is 31.5 Å². The molecule has 1 aliphatic carbocycles. The molecule has 1 aromatic heterocycles. The Morgan fingerprint density at radius 1 is 1.14 bits per heavy atom. The monoisotopic (exact) mass is 289 g/mol. The molecule has 1 aromatic rings. The van der Waals surface area contributed by atoms with Crippen LogP contribution in [0.25, 0.3) is 0 Å². The number of nitrogens with zero attached hydrogens (tertiary/aromatic N) is 2. The molecule has 4 nitrogen and oxygen atoms in total. The van der Waals surface area contributed by atoms with Gasteiger partial charge >= 0.3 is 0 Å². The van der Waals surface area contributed by atoms with E-state index < -0.39 is 0 Å². The second-order valence-corrected chi connectivity index (χ2v) is 6.49. The molecule has 1 aliphatic heterocycles. The summed E-state index contributed by atoms with van der Waals surface area (Å²) >= 11 is 0. The molecule has 2 heterocycles. The Morgan fingerprint density at radius 2 is 1.90 bits per heavy atom. The summed E-state index contributed by atoms with van der Waals surface area (Å²) in [6, 6.07) is 4.83. The van der Waals surface area contributed by atoms with Crippen molar-refractivity contribution in [3.05, 3.63) is 18.3 Å². The van der Waals surface area contributed by atoms with Gasteiger partial charge in [0.15, 0.2) is 0 Å². The first kappa shape index (κ1) is 14.6. The molecule has 0 amide bonds. The van der Waals surface area contributed by atoms with Crippen molar-refractivity contribution in [2.75, 3.05) is 29.9 Å². The number of rotatable bonds is 4. The van der Waals surface area contributed by atoms with Gasteiger partial charge in [0.05, 0.1) is 0 Å². The van der Waals surface area contributed by atoms with Gasteiger partial charge in [0.2, 0.25) is 0 Å². The minimum atomic E-state index is 0.343. The SMILES string of the molecule is OCC1CCC(Nc2cc(N3CCCCC3)ccn2)CC1. The van der Waals surface area contributed by atoms with Crippen molar-refractivity contribution in [1.29, 1.82) is 0 Å². The molecule has 0 bridgehead atoms. The largest absolute Gasteiger partial charge is 0.396 e. The molecule has 2 N–H and O–H groups in total. The number of aliphatic hydroxyl groups is 1. The predicted octanol–water partition coefficient (Wildman–Crippen LogP) is 3.03. The standard InChI is InChI=1S/C17H27N3O/c21-13-14-4-6-15(7-5-14)19-17-12-16(8-9-18-17)20-10-2-1-3-11-20/h8-9,12,14-15,21H,1-7,10-11,13H2,(H,18,19).